The fourth-order valence-corrected chi connectivity index (χ4v) is 10.2. The summed E-state index contributed by atoms with van der Waals surface area (Å²) < 4.78 is 13.5. The molecule has 0 saturated heterocycles. The summed E-state index contributed by atoms with van der Waals surface area (Å²) in [6.45, 7) is 0. The second-order valence-corrected chi connectivity index (χ2v) is 16.9. The van der Waals surface area contributed by atoms with Crippen LogP contribution in [0.2, 0.25) is 0 Å². The van der Waals surface area contributed by atoms with Crippen molar-refractivity contribution < 1.29 is 14.3 Å². The molecule has 0 unspecified atom stereocenters. The van der Waals surface area contributed by atoms with Gasteiger partial charge in [0.05, 0.1) is 17.1 Å². The molecule has 1 N–H and O–H groups in total. The number of fused-ring (bicyclic) bond motifs is 8. The lowest BCUT2D eigenvalue weighted by Gasteiger charge is -2.29. The fourth-order valence-electron chi connectivity index (χ4n) is 10.2. The number of hydrogen-bond acceptors (Lipinski definition) is 5. The van der Waals surface area contributed by atoms with Crippen molar-refractivity contribution in [3.63, 3.8) is 0 Å². The van der Waals surface area contributed by atoms with Gasteiger partial charge in [-0.25, -0.2) is 0 Å². The van der Waals surface area contributed by atoms with Gasteiger partial charge in [0.1, 0.15) is 22.8 Å². The lowest BCUT2D eigenvalue weighted by atomic mass is 9.90. The number of ether oxygens (including phenoxy) is 1. The number of phenolic OH excluding ortho intramolecular Hbond substituents is 1. The number of allylic oxidation sites excluding steroid dienone is 3. The first-order valence-electron chi connectivity index (χ1n) is 22.2. The Morgan fingerprint density at radius 2 is 1.14 bits per heavy atom. The van der Waals surface area contributed by atoms with Crippen molar-refractivity contribution in [3.8, 4) is 39.5 Å². The fraction of sp³-hybridized carbons (Fsp3) is 0.0333. The maximum Gasteiger partial charge on any atom is 0.159 e. The van der Waals surface area contributed by atoms with Crippen molar-refractivity contribution >= 4 is 82.7 Å². The molecule has 0 fully saturated rings. The first-order chi connectivity index (χ1) is 32.2. The summed E-state index contributed by atoms with van der Waals surface area (Å²) in [4.78, 5) is 4.53. The predicted octanol–water partition coefficient (Wildman–Crippen LogP) is 17.0. The highest BCUT2D eigenvalue weighted by Gasteiger charge is 2.27. The molecule has 0 bridgehead atoms. The van der Waals surface area contributed by atoms with E-state index in [2.05, 4.69) is 186 Å². The van der Waals surface area contributed by atoms with Gasteiger partial charge in [-0.15, -0.1) is 0 Å². The molecule has 65 heavy (non-hydrogen) atoms. The van der Waals surface area contributed by atoms with Gasteiger partial charge in [-0.2, -0.15) is 0 Å². The average molecular weight is 837 g/mol. The summed E-state index contributed by atoms with van der Waals surface area (Å²) in [5, 5.41) is 21.0. The Kier molecular flexibility index (Phi) is 8.43. The van der Waals surface area contributed by atoms with E-state index >= 15 is 0 Å². The van der Waals surface area contributed by atoms with Crippen molar-refractivity contribution in [2.45, 2.75) is 12.8 Å². The molecule has 0 radical (unpaired) electrons. The zero-order chi connectivity index (χ0) is 43.0. The lowest BCUT2D eigenvalue weighted by molar-refractivity contribution is 0.477. The Labute approximate surface area is 375 Å². The molecule has 308 valence electrons. The van der Waals surface area contributed by atoms with Gasteiger partial charge in [-0.1, -0.05) is 127 Å². The smallest absolute Gasteiger partial charge is 0.159 e. The monoisotopic (exact) mass is 836 g/mol. The molecule has 10 aromatic carbocycles. The van der Waals surface area contributed by atoms with Crippen LogP contribution in [0.5, 0.6) is 17.2 Å². The minimum atomic E-state index is 0.170. The maximum atomic E-state index is 12.3. The van der Waals surface area contributed by atoms with Gasteiger partial charge in [0.15, 0.2) is 5.58 Å². The van der Waals surface area contributed by atoms with Gasteiger partial charge in [0, 0.05) is 61.9 Å². The Hall–Kier alpha value is -8.54. The Bertz CT molecular complexity index is 3790. The zero-order valence-corrected chi connectivity index (χ0v) is 35.3. The largest absolute Gasteiger partial charge is 0.507 e. The molecule has 13 rings (SSSR count). The van der Waals surface area contributed by atoms with Crippen LogP contribution in [0.25, 0.3) is 76.5 Å². The minimum Gasteiger partial charge on any atom is -0.507 e. The number of hydrogen-bond donors (Lipinski definition) is 1. The van der Waals surface area contributed by atoms with E-state index in [1.54, 1.807) is 0 Å². The van der Waals surface area contributed by atoms with E-state index in [-0.39, 0.29) is 5.75 Å². The molecule has 0 spiro atoms. The average Bonchev–Trinajstić information content (AvgIpc) is 3.75. The Balaban J connectivity index is 0.948. The maximum absolute atomic E-state index is 12.3. The molecule has 1 aliphatic carbocycles. The van der Waals surface area contributed by atoms with Gasteiger partial charge < -0.3 is 24.1 Å². The quantitative estimate of drug-likeness (QED) is 0.162. The first kappa shape index (κ1) is 37.1. The van der Waals surface area contributed by atoms with E-state index in [0.717, 1.165) is 130 Å². The predicted molar refractivity (Wildman–Crippen MR) is 269 cm³/mol. The third-order valence-corrected chi connectivity index (χ3v) is 13.1. The topological polar surface area (TPSA) is 49.1 Å². The van der Waals surface area contributed by atoms with E-state index in [1.165, 1.54) is 5.39 Å². The second kappa shape index (κ2) is 14.8. The number of aromatic hydroxyl groups is 1. The van der Waals surface area contributed by atoms with E-state index in [0.29, 0.717) is 0 Å². The third kappa shape index (κ3) is 5.93. The van der Waals surface area contributed by atoms with E-state index < -0.39 is 0 Å². The van der Waals surface area contributed by atoms with Gasteiger partial charge in [-0.3, -0.25) is 0 Å². The SMILES string of the molecule is Oc1cc(N(c2cc3ccccc3c3ccccc23)c2cccc3c2oc2ccccc23)ccc1-c1ccc2c3c(cccc13)-c1ccc(N(C3=CCCC=C3)c3ccccc3)cc1O2. The molecule has 1 aromatic heterocycles. The highest BCUT2D eigenvalue weighted by atomic mass is 16.5. The van der Waals surface area contributed by atoms with Gasteiger partial charge in [0.25, 0.3) is 0 Å². The normalized spacial score (nSPS) is 13.0. The van der Waals surface area contributed by atoms with Gasteiger partial charge in [0.2, 0.25) is 0 Å². The molecule has 0 saturated carbocycles. The minimum absolute atomic E-state index is 0.170. The van der Waals surface area contributed by atoms with Gasteiger partial charge in [-0.05, 0) is 118 Å². The number of para-hydroxylation sites is 3. The molecule has 0 atom stereocenters. The zero-order valence-electron chi connectivity index (χ0n) is 35.3. The van der Waals surface area contributed by atoms with E-state index in [4.69, 9.17) is 9.15 Å². The van der Waals surface area contributed by atoms with Crippen LogP contribution in [0.3, 0.4) is 0 Å². The van der Waals surface area contributed by atoms with Crippen LogP contribution in [0, 0.1) is 0 Å². The molecule has 11 aromatic rings. The summed E-state index contributed by atoms with van der Waals surface area (Å²) >= 11 is 0. The summed E-state index contributed by atoms with van der Waals surface area (Å²) in [5.41, 5.74) is 11.3. The molecule has 2 aliphatic rings. The highest BCUT2D eigenvalue weighted by Crippen LogP contribution is 2.52. The number of anilines is 5. The van der Waals surface area contributed by atoms with Crippen LogP contribution in [0.4, 0.5) is 28.4 Å². The van der Waals surface area contributed by atoms with Crippen molar-refractivity contribution in [1.82, 2.24) is 0 Å². The molecule has 1 aliphatic heterocycles. The van der Waals surface area contributed by atoms with Crippen LogP contribution in [-0.4, -0.2) is 5.11 Å². The molecule has 5 heteroatoms. The number of nitrogens with zero attached hydrogens (tertiary/aromatic N) is 2. The van der Waals surface area contributed by atoms with Crippen LogP contribution < -0.4 is 14.5 Å². The van der Waals surface area contributed by atoms with Crippen LogP contribution in [0.15, 0.2) is 222 Å². The number of rotatable bonds is 7. The van der Waals surface area contributed by atoms with Crippen LogP contribution in [0.1, 0.15) is 12.8 Å². The first-order valence-corrected chi connectivity index (χ1v) is 22.2. The number of benzene rings is 10. The summed E-state index contributed by atoms with van der Waals surface area (Å²) in [6, 6.07) is 67.4. The van der Waals surface area contributed by atoms with Crippen molar-refractivity contribution in [2.24, 2.45) is 0 Å². The third-order valence-electron chi connectivity index (χ3n) is 13.1. The molecule has 2 heterocycles. The molecule has 0 amide bonds. The molecule has 5 nitrogen and oxygen atoms in total. The van der Waals surface area contributed by atoms with Crippen LogP contribution in [-0.2, 0) is 0 Å². The molecular formula is C60H40N2O3. The van der Waals surface area contributed by atoms with Crippen LogP contribution >= 0.6 is 0 Å². The number of phenols is 1. The summed E-state index contributed by atoms with van der Waals surface area (Å²) in [6.07, 6.45) is 8.81. The van der Waals surface area contributed by atoms with Gasteiger partial charge >= 0.3 is 0 Å². The highest BCUT2D eigenvalue weighted by molar-refractivity contribution is 6.17. The Morgan fingerprint density at radius 3 is 1.98 bits per heavy atom. The lowest BCUT2D eigenvalue weighted by Crippen LogP contribution is -2.16. The van der Waals surface area contributed by atoms with E-state index in [1.807, 2.05) is 36.4 Å². The van der Waals surface area contributed by atoms with E-state index in [9.17, 15) is 5.11 Å². The standard InChI is InChI=1S/C60H40N2O3/c63-55-36-41(62(53-27-14-26-52-48-23-11-12-28-56(48)65-60(52)53)54-35-38-15-7-8-20-43(38)44-21-9-10-22-46(44)54)29-31-47(55)45-33-34-57-59-50(45)24-13-25-51(59)49-32-30-42(37-58(49)64-57)61(39-16-3-1-4-17-39)40-18-5-2-6-19-40/h1,3-5,7-37,63H,2,6H2. The summed E-state index contributed by atoms with van der Waals surface area (Å²) in [5.74, 6) is 1.77. The Morgan fingerprint density at radius 1 is 0.431 bits per heavy atom. The van der Waals surface area contributed by atoms with Crippen molar-refractivity contribution in [3.05, 3.63) is 218 Å². The number of furan rings is 1. The summed E-state index contributed by atoms with van der Waals surface area (Å²) in [7, 11) is 0. The van der Waals surface area contributed by atoms with Crippen molar-refractivity contribution in [2.75, 3.05) is 9.80 Å². The second-order valence-electron chi connectivity index (χ2n) is 16.9. The van der Waals surface area contributed by atoms with Crippen molar-refractivity contribution in [1.29, 1.82) is 0 Å². The molecular weight excluding hydrogens is 797 g/mol.